The minimum Gasteiger partial charge on any atom is -0.339 e. The molecule has 1 aromatic carbocycles. The monoisotopic (exact) mass is 546 g/mol. The van der Waals surface area contributed by atoms with Crippen LogP contribution in [0.25, 0.3) is 5.65 Å². The Hall–Kier alpha value is -2.21. The van der Waals surface area contributed by atoms with Crippen molar-refractivity contribution < 1.29 is 4.79 Å². The number of hydrogen-bond acceptors (Lipinski definition) is 3. The van der Waals surface area contributed by atoms with E-state index in [9.17, 15) is 4.79 Å². The van der Waals surface area contributed by atoms with E-state index < -0.39 is 0 Å². The number of halogens is 1. The molecule has 3 aromatic rings. The lowest BCUT2D eigenvalue weighted by Crippen LogP contribution is -2.36. The van der Waals surface area contributed by atoms with E-state index in [0.29, 0.717) is 6.04 Å². The average Bonchev–Trinajstić information content (AvgIpc) is 3.21. The number of pyridine rings is 1. The smallest absolute Gasteiger partial charge is 0.253 e. The molecule has 0 saturated carbocycles. The van der Waals surface area contributed by atoms with E-state index in [1.165, 1.54) is 6.42 Å². The van der Waals surface area contributed by atoms with Crippen LogP contribution >= 0.6 is 15.9 Å². The third kappa shape index (κ3) is 13.5. The Bertz CT molecular complexity index is 932. The maximum Gasteiger partial charge on any atom is 0.253 e. The summed E-state index contributed by atoms with van der Waals surface area (Å²) in [6.45, 7) is 17.0. The minimum atomic E-state index is 0.137. The molecular weight excluding hydrogens is 500 g/mol. The van der Waals surface area contributed by atoms with Gasteiger partial charge in [0.05, 0.1) is 4.47 Å². The number of aryl methyl sites for hydroxylation is 1. The molecule has 0 radical (unpaired) electrons. The molecular formula is C29H47BrN4O. The van der Waals surface area contributed by atoms with Gasteiger partial charge in [0.25, 0.3) is 5.91 Å². The highest BCUT2D eigenvalue weighted by atomic mass is 79.9. The van der Waals surface area contributed by atoms with E-state index in [1.807, 2.05) is 67.5 Å². The molecule has 0 fully saturated rings. The number of benzene rings is 1. The van der Waals surface area contributed by atoms with Gasteiger partial charge in [-0.25, -0.2) is 9.50 Å². The van der Waals surface area contributed by atoms with Gasteiger partial charge in [0.1, 0.15) is 5.82 Å². The predicted octanol–water partition coefficient (Wildman–Crippen LogP) is 8.61. The van der Waals surface area contributed by atoms with Crippen LogP contribution in [0, 0.1) is 12.8 Å². The number of hydrogen-bond donors (Lipinski definition) is 0. The van der Waals surface area contributed by atoms with Gasteiger partial charge in [-0.05, 0) is 65.9 Å². The summed E-state index contributed by atoms with van der Waals surface area (Å²) in [6, 6.07) is 13.8. The molecule has 6 heteroatoms. The lowest BCUT2D eigenvalue weighted by Gasteiger charge is -2.28. The van der Waals surface area contributed by atoms with Crippen molar-refractivity contribution in [2.45, 2.75) is 93.5 Å². The summed E-state index contributed by atoms with van der Waals surface area (Å²) in [7, 11) is 1.92. The van der Waals surface area contributed by atoms with Gasteiger partial charge in [0, 0.05) is 24.8 Å². The van der Waals surface area contributed by atoms with Gasteiger partial charge in [0.2, 0.25) is 0 Å². The Morgan fingerprint density at radius 3 is 1.94 bits per heavy atom. The SMILES string of the molecule is CC(C)C.CCC.CCCC(CCC)N(C)C(=O)c1ccccc1.Cc1nc2c(Br)cccn2n1. The van der Waals surface area contributed by atoms with Crippen LogP contribution in [-0.4, -0.2) is 38.5 Å². The highest BCUT2D eigenvalue weighted by Gasteiger charge is 2.19. The summed E-state index contributed by atoms with van der Waals surface area (Å²) >= 11 is 3.39. The lowest BCUT2D eigenvalue weighted by molar-refractivity contribution is 0.0714. The number of amides is 1. The highest BCUT2D eigenvalue weighted by Crippen LogP contribution is 2.15. The third-order valence-corrected chi connectivity index (χ3v) is 5.17. The summed E-state index contributed by atoms with van der Waals surface area (Å²) in [5, 5.41) is 4.15. The fourth-order valence-electron chi connectivity index (χ4n) is 3.13. The highest BCUT2D eigenvalue weighted by molar-refractivity contribution is 9.10. The van der Waals surface area contributed by atoms with Gasteiger partial charge in [0.15, 0.2) is 5.65 Å². The van der Waals surface area contributed by atoms with Crippen molar-refractivity contribution in [3.63, 3.8) is 0 Å². The van der Waals surface area contributed by atoms with Crippen LogP contribution < -0.4 is 0 Å². The van der Waals surface area contributed by atoms with Gasteiger partial charge in [-0.15, -0.1) is 0 Å². The molecule has 2 heterocycles. The molecule has 1 amide bonds. The standard InChI is InChI=1S/C15H23NO.C7H6BrN3.C4H10.C3H8/c1-4-9-14(10-5-2)16(3)15(17)13-11-7-6-8-12-13;1-5-9-7-6(8)3-2-4-11(7)10-5;1-4(2)3;1-3-2/h6-8,11-12,14H,4-5,9-10H2,1-3H3;2-4H,1H3;4H,1-3H3;3H2,1-2H3. The van der Waals surface area contributed by atoms with Crippen LogP contribution in [0.3, 0.4) is 0 Å². The molecule has 0 saturated heterocycles. The van der Waals surface area contributed by atoms with Crippen LogP contribution in [0.15, 0.2) is 53.1 Å². The summed E-state index contributed by atoms with van der Waals surface area (Å²) in [4.78, 5) is 18.4. The predicted molar refractivity (Wildman–Crippen MR) is 154 cm³/mol. The molecule has 5 nitrogen and oxygen atoms in total. The number of nitrogens with zero attached hydrogens (tertiary/aromatic N) is 4. The van der Waals surface area contributed by atoms with Crippen LogP contribution in [0.5, 0.6) is 0 Å². The maximum atomic E-state index is 12.3. The van der Waals surface area contributed by atoms with Gasteiger partial charge in [-0.2, -0.15) is 5.10 Å². The van der Waals surface area contributed by atoms with E-state index in [-0.39, 0.29) is 5.91 Å². The normalized spacial score (nSPS) is 10.1. The molecule has 0 aliphatic heterocycles. The number of carbonyl (C=O) groups is 1. The topological polar surface area (TPSA) is 50.5 Å². The van der Waals surface area contributed by atoms with Crippen molar-refractivity contribution in [2.24, 2.45) is 5.92 Å². The van der Waals surface area contributed by atoms with Crippen molar-refractivity contribution >= 4 is 27.5 Å². The quantitative estimate of drug-likeness (QED) is 0.310. The van der Waals surface area contributed by atoms with E-state index in [4.69, 9.17) is 0 Å². The van der Waals surface area contributed by atoms with Crippen LogP contribution in [0.1, 0.15) is 96.8 Å². The fraction of sp³-hybridized carbons (Fsp3) is 0.552. The third-order valence-electron chi connectivity index (χ3n) is 4.55. The van der Waals surface area contributed by atoms with Crippen molar-refractivity contribution in [1.82, 2.24) is 19.5 Å². The molecule has 0 N–H and O–H groups in total. The lowest BCUT2D eigenvalue weighted by atomic mass is 10.0. The second kappa shape index (κ2) is 19.0. The summed E-state index contributed by atoms with van der Waals surface area (Å²) in [6.07, 6.45) is 7.54. The van der Waals surface area contributed by atoms with Gasteiger partial charge in [-0.1, -0.05) is 85.9 Å². The zero-order valence-corrected chi connectivity index (χ0v) is 25.0. The van der Waals surface area contributed by atoms with Crippen LogP contribution in [-0.2, 0) is 0 Å². The molecule has 196 valence electrons. The Labute approximate surface area is 222 Å². The summed E-state index contributed by atoms with van der Waals surface area (Å²) < 4.78 is 2.72. The molecule has 0 aliphatic rings. The van der Waals surface area contributed by atoms with Gasteiger partial charge < -0.3 is 4.90 Å². The van der Waals surface area contributed by atoms with Crippen LogP contribution in [0.4, 0.5) is 0 Å². The molecule has 0 atom stereocenters. The first-order valence-electron chi connectivity index (χ1n) is 12.9. The Morgan fingerprint density at radius 2 is 1.49 bits per heavy atom. The minimum absolute atomic E-state index is 0.137. The molecule has 0 aliphatic carbocycles. The molecule has 35 heavy (non-hydrogen) atoms. The molecule has 3 rings (SSSR count). The van der Waals surface area contributed by atoms with E-state index >= 15 is 0 Å². The van der Waals surface area contributed by atoms with Gasteiger partial charge in [-0.3, -0.25) is 4.79 Å². The number of aromatic nitrogens is 3. The molecule has 0 spiro atoms. The molecule has 2 aromatic heterocycles. The van der Waals surface area contributed by atoms with Crippen molar-refractivity contribution in [2.75, 3.05) is 7.05 Å². The maximum absolute atomic E-state index is 12.3. The zero-order chi connectivity index (χ0) is 26.8. The first-order chi connectivity index (χ1) is 16.6. The fourth-order valence-corrected chi connectivity index (χ4v) is 3.55. The summed E-state index contributed by atoms with van der Waals surface area (Å²) in [5.41, 5.74) is 1.65. The number of rotatable bonds is 6. The second-order valence-corrected chi connectivity index (χ2v) is 10.1. The van der Waals surface area contributed by atoms with Crippen LogP contribution in [0.2, 0.25) is 0 Å². The number of fused-ring (bicyclic) bond motifs is 1. The first kappa shape index (κ1) is 32.8. The molecule has 0 unspecified atom stereocenters. The zero-order valence-electron chi connectivity index (χ0n) is 23.4. The van der Waals surface area contributed by atoms with Crippen molar-refractivity contribution in [1.29, 1.82) is 0 Å². The average molecular weight is 548 g/mol. The van der Waals surface area contributed by atoms with Gasteiger partial charge >= 0.3 is 0 Å². The molecule has 0 bridgehead atoms. The van der Waals surface area contributed by atoms with E-state index in [1.54, 1.807) is 4.52 Å². The Balaban J connectivity index is 0.000000545. The van der Waals surface area contributed by atoms with E-state index in [0.717, 1.165) is 53.1 Å². The largest absolute Gasteiger partial charge is 0.339 e. The second-order valence-electron chi connectivity index (χ2n) is 9.24. The van der Waals surface area contributed by atoms with Crippen molar-refractivity contribution in [3.05, 3.63) is 64.5 Å². The Kier molecular flexibility index (Phi) is 17.8. The Morgan fingerprint density at radius 1 is 0.971 bits per heavy atom. The first-order valence-corrected chi connectivity index (χ1v) is 13.7. The number of carbonyl (C=O) groups excluding carboxylic acids is 1. The summed E-state index contributed by atoms with van der Waals surface area (Å²) in [5.74, 6) is 1.76. The van der Waals surface area contributed by atoms with Crippen molar-refractivity contribution in [3.8, 4) is 0 Å². The van der Waals surface area contributed by atoms with E-state index in [2.05, 4.69) is 74.5 Å².